The zero-order chi connectivity index (χ0) is 43.0. The van der Waals surface area contributed by atoms with E-state index in [9.17, 15) is 0 Å². The Bertz CT molecular complexity index is 3470. The van der Waals surface area contributed by atoms with Crippen LogP contribution < -0.4 is 0 Å². The highest BCUT2D eigenvalue weighted by Crippen LogP contribution is 2.39. The maximum atomic E-state index is 6.48. The molecule has 0 unspecified atom stereocenters. The molecule has 0 radical (unpaired) electrons. The molecule has 0 spiro atoms. The van der Waals surface area contributed by atoms with Gasteiger partial charge in [0.15, 0.2) is 17.5 Å². The number of hydrogen-bond donors (Lipinski definition) is 0. The largest absolute Gasteiger partial charge is 0.456 e. The molecule has 3 aromatic heterocycles. The fourth-order valence-electron chi connectivity index (χ4n) is 9.34. The van der Waals surface area contributed by atoms with Crippen LogP contribution in [0.5, 0.6) is 0 Å². The molecule has 0 saturated carbocycles. The predicted molar refractivity (Wildman–Crippen MR) is 266 cm³/mol. The van der Waals surface area contributed by atoms with Gasteiger partial charge in [-0.3, -0.25) is 0 Å². The quantitative estimate of drug-likeness (QED) is 0.123. The number of benzene rings is 8. The van der Waals surface area contributed by atoms with E-state index < -0.39 is 0 Å². The lowest BCUT2D eigenvalue weighted by Gasteiger charge is -2.14. The second-order valence-corrected chi connectivity index (χ2v) is 16.9. The summed E-state index contributed by atoms with van der Waals surface area (Å²) in [5.74, 6) is 2.02. The molecule has 310 valence electrons. The second kappa shape index (κ2) is 16.9. The zero-order valence-electron chi connectivity index (χ0n) is 36.3. The summed E-state index contributed by atoms with van der Waals surface area (Å²) in [4.78, 5) is 15.4. The molecule has 0 aliphatic rings. The minimum Gasteiger partial charge on any atom is -0.456 e. The highest BCUT2D eigenvalue weighted by molar-refractivity contribution is 6.11. The molecule has 11 aromatic rings. The molecule has 11 rings (SSSR count). The molecule has 0 fully saturated rings. The summed E-state index contributed by atoms with van der Waals surface area (Å²) in [5, 5.41) is 4.76. The normalized spacial score (nSPS) is 11.7. The highest BCUT2D eigenvalue weighted by Gasteiger charge is 2.19. The van der Waals surface area contributed by atoms with Gasteiger partial charge in [-0.1, -0.05) is 160 Å². The van der Waals surface area contributed by atoms with Gasteiger partial charge in [0.05, 0.1) is 11.0 Å². The van der Waals surface area contributed by atoms with Crippen molar-refractivity contribution >= 4 is 43.7 Å². The molecule has 0 atom stereocenters. The van der Waals surface area contributed by atoms with Crippen molar-refractivity contribution < 1.29 is 4.42 Å². The van der Waals surface area contributed by atoms with Crippen molar-refractivity contribution in [1.29, 1.82) is 0 Å². The predicted octanol–water partition coefficient (Wildman–Crippen LogP) is 15.9. The van der Waals surface area contributed by atoms with Crippen LogP contribution >= 0.6 is 0 Å². The van der Waals surface area contributed by atoms with Crippen molar-refractivity contribution in [3.63, 3.8) is 0 Å². The Morgan fingerprint density at radius 2 is 1.00 bits per heavy atom. The molecule has 64 heavy (non-hydrogen) atoms. The molecule has 0 bridgehead atoms. The molecule has 0 aliphatic carbocycles. The number of hydrogen-bond acceptors (Lipinski definition) is 4. The van der Waals surface area contributed by atoms with Gasteiger partial charge in [-0.05, 0) is 108 Å². The molecular formula is C59H48N4O. The summed E-state index contributed by atoms with van der Waals surface area (Å²) in [7, 11) is 0. The molecule has 5 nitrogen and oxygen atoms in total. The van der Waals surface area contributed by atoms with Gasteiger partial charge in [0.1, 0.15) is 11.2 Å². The van der Waals surface area contributed by atoms with E-state index in [1.807, 2.05) is 18.2 Å². The highest BCUT2D eigenvalue weighted by atomic mass is 16.3. The number of unbranched alkanes of at least 4 members (excludes halogenated alkanes) is 2. The van der Waals surface area contributed by atoms with E-state index in [0.29, 0.717) is 17.5 Å². The van der Waals surface area contributed by atoms with Crippen molar-refractivity contribution in [2.45, 2.75) is 52.4 Å². The van der Waals surface area contributed by atoms with Crippen molar-refractivity contribution in [3.8, 4) is 62.1 Å². The van der Waals surface area contributed by atoms with E-state index in [1.54, 1.807) is 0 Å². The second-order valence-electron chi connectivity index (χ2n) is 16.9. The summed E-state index contributed by atoms with van der Waals surface area (Å²) >= 11 is 0. The standard InChI is InChI=1S/C59H48N4O/c1-3-5-16-39-26-33-49-50-34-29-44(38-56(50)64-55(49)36-39)43-30-35-54-52(37-43)48-23-14-15-25-53(48)63(54)45-31-27-41(28-32-45)46-21-12-13-24-51(46)59-61-57(42-19-8-7-9-20-42)60-58(62-59)47-22-11-10-18-40(47)17-6-4-2/h7-15,18-38H,3-6,16-17H2,1-2H3. The number of fused-ring (bicyclic) bond motifs is 6. The smallest absolute Gasteiger partial charge is 0.164 e. The van der Waals surface area contributed by atoms with Gasteiger partial charge in [0.25, 0.3) is 0 Å². The topological polar surface area (TPSA) is 56.7 Å². The number of aryl methyl sites for hydroxylation is 2. The molecule has 3 heterocycles. The van der Waals surface area contributed by atoms with Crippen LogP contribution in [-0.4, -0.2) is 19.5 Å². The molecule has 0 amide bonds. The van der Waals surface area contributed by atoms with Crippen LogP contribution in [-0.2, 0) is 12.8 Å². The van der Waals surface area contributed by atoms with Crippen LogP contribution in [0.15, 0.2) is 186 Å². The monoisotopic (exact) mass is 828 g/mol. The first kappa shape index (κ1) is 39.2. The van der Waals surface area contributed by atoms with Gasteiger partial charge >= 0.3 is 0 Å². The van der Waals surface area contributed by atoms with Crippen LogP contribution in [0, 0.1) is 0 Å². The minimum atomic E-state index is 0.656. The van der Waals surface area contributed by atoms with E-state index in [0.717, 1.165) is 92.4 Å². The molecule has 0 saturated heterocycles. The number of aromatic nitrogens is 4. The SMILES string of the molecule is CCCCc1ccc2c(c1)oc1cc(-c3ccc4c(c3)c3ccccc3n4-c3ccc(-c4ccccc4-c4nc(-c5ccccc5)nc(-c5ccccc5CCCC)n4)cc3)ccc12. The van der Waals surface area contributed by atoms with E-state index in [2.05, 4.69) is 182 Å². The van der Waals surface area contributed by atoms with Gasteiger partial charge < -0.3 is 8.98 Å². The van der Waals surface area contributed by atoms with Gasteiger partial charge in [0, 0.05) is 43.9 Å². The lowest BCUT2D eigenvalue weighted by molar-refractivity contribution is 0.667. The number of furan rings is 1. The van der Waals surface area contributed by atoms with E-state index in [4.69, 9.17) is 19.4 Å². The van der Waals surface area contributed by atoms with Crippen LogP contribution in [0.2, 0.25) is 0 Å². The maximum absolute atomic E-state index is 6.48. The molecule has 0 N–H and O–H groups in total. The van der Waals surface area contributed by atoms with Crippen molar-refractivity contribution in [2.75, 3.05) is 0 Å². The van der Waals surface area contributed by atoms with E-state index in [-0.39, 0.29) is 0 Å². The summed E-state index contributed by atoms with van der Waals surface area (Å²) in [5.41, 5.74) is 15.3. The average molecular weight is 829 g/mol. The van der Waals surface area contributed by atoms with Gasteiger partial charge in [0.2, 0.25) is 0 Å². The molecule has 0 aliphatic heterocycles. The fraction of sp³-hybridized carbons (Fsp3) is 0.136. The van der Waals surface area contributed by atoms with Gasteiger partial charge in [-0.25, -0.2) is 15.0 Å². The zero-order valence-corrected chi connectivity index (χ0v) is 36.3. The maximum Gasteiger partial charge on any atom is 0.164 e. The van der Waals surface area contributed by atoms with Gasteiger partial charge in [-0.2, -0.15) is 0 Å². The first-order valence-electron chi connectivity index (χ1n) is 22.7. The molecule has 5 heteroatoms. The Kier molecular flexibility index (Phi) is 10.4. The average Bonchev–Trinajstić information content (AvgIpc) is 3.90. The Labute approximate surface area is 373 Å². The van der Waals surface area contributed by atoms with Crippen LogP contribution in [0.25, 0.3) is 106 Å². The number of para-hydroxylation sites is 1. The molecular weight excluding hydrogens is 781 g/mol. The summed E-state index contributed by atoms with van der Waals surface area (Å²) < 4.78 is 8.86. The van der Waals surface area contributed by atoms with E-state index >= 15 is 0 Å². The number of nitrogens with zero attached hydrogens (tertiary/aromatic N) is 4. The number of rotatable bonds is 12. The van der Waals surface area contributed by atoms with Crippen LogP contribution in [0.4, 0.5) is 0 Å². The lowest BCUT2D eigenvalue weighted by Crippen LogP contribution is -2.02. The van der Waals surface area contributed by atoms with Crippen molar-refractivity contribution in [1.82, 2.24) is 19.5 Å². The van der Waals surface area contributed by atoms with Crippen molar-refractivity contribution in [2.24, 2.45) is 0 Å². The lowest BCUT2D eigenvalue weighted by atomic mass is 9.98. The third-order valence-electron chi connectivity index (χ3n) is 12.7. The van der Waals surface area contributed by atoms with Gasteiger partial charge in [-0.15, -0.1) is 0 Å². The third-order valence-corrected chi connectivity index (χ3v) is 12.7. The Morgan fingerprint density at radius 1 is 0.406 bits per heavy atom. The fourth-order valence-corrected chi connectivity index (χ4v) is 9.34. The van der Waals surface area contributed by atoms with Crippen molar-refractivity contribution in [3.05, 3.63) is 193 Å². The first-order chi connectivity index (χ1) is 31.6. The Hall–Kier alpha value is -7.63. The molecule has 8 aromatic carbocycles. The summed E-state index contributed by atoms with van der Waals surface area (Å²) in [6, 6.07) is 65.0. The Morgan fingerprint density at radius 3 is 1.81 bits per heavy atom. The minimum absolute atomic E-state index is 0.656. The van der Waals surface area contributed by atoms with Crippen LogP contribution in [0.3, 0.4) is 0 Å². The third kappa shape index (κ3) is 7.23. The van der Waals surface area contributed by atoms with E-state index in [1.165, 1.54) is 45.6 Å². The Balaban J connectivity index is 0.964. The van der Waals surface area contributed by atoms with Crippen LogP contribution in [0.1, 0.15) is 50.7 Å². The summed E-state index contributed by atoms with van der Waals surface area (Å²) in [6.07, 6.45) is 6.65. The summed E-state index contributed by atoms with van der Waals surface area (Å²) in [6.45, 7) is 4.47. The first-order valence-corrected chi connectivity index (χ1v) is 22.7.